The topological polar surface area (TPSA) is 46.4 Å². The first-order valence-electron chi connectivity index (χ1n) is 10.6. The van der Waals surface area contributed by atoms with Crippen LogP contribution in [0.2, 0.25) is 10.0 Å². The van der Waals surface area contributed by atoms with E-state index in [2.05, 4.69) is 19.8 Å². The van der Waals surface area contributed by atoms with Crippen molar-refractivity contribution < 1.29 is 14.3 Å². The van der Waals surface area contributed by atoms with E-state index in [1.54, 1.807) is 53.4 Å². The third-order valence-electron chi connectivity index (χ3n) is 6.00. The predicted molar refractivity (Wildman–Crippen MR) is 128 cm³/mol. The number of nitrogens with zero attached hydrogens (tertiary/aromatic N) is 1. The van der Waals surface area contributed by atoms with Gasteiger partial charge in [0, 0.05) is 15.6 Å². The maximum Gasteiger partial charge on any atom is 0.339 e. The second-order valence-corrected chi connectivity index (χ2v) is 9.70. The highest BCUT2D eigenvalue weighted by molar-refractivity contribution is 6.31. The number of carbonyl (C=O) groups is 2. The van der Waals surface area contributed by atoms with E-state index in [1.807, 2.05) is 13.8 Å². The van der Waals surface area contributed by atoms with E-state index in [4.69, 9.17) is 34.4 Å². The van der Waals surface area contributed by atoms with Gasteiger partial charge in [0.1, 0.15) is 5.54 Å². The summed E-state index contributed by atoms with van der Waals surface area (Å²) < 4.78 is 5.83. The van der Waals surface area contributed by atoms with Gasteiger partial charge >= 0.3 is 5.97 Å². The van der Waals surface area contributed by atoms with Gasteiger partial charge in [-0.05, 0) is 66.8 Å². The Bertz CT molecular complexity index is 1020. The van der Waals surface area contributed by atoms with Crippen LogP contribution in [0.25, 0.3) is 0 Å². The van der Waals surface area contributed by atoms with Crippen LogP contribution in [0, 0.1) is 24.2 Å². The number of carbonyl (C=O) groups excluding carboxylic acids is 2. The van der Waals surface area contributed by atoms with Gasteiger partial charge in [0.2, 0.25) is 0 Å². The van der Waals surface area contributed by atoms with Gasteiger partial charge in [-0.2, -0.15) is 0 Å². The maximum absolute atomic E-state index is 13.5. The van der Waals surface area contributed by atoms with Crippen LogP contribution in [0.15, 0.2) is 48.5 Å². The van der Waals surface area contributed by atoms with E-state index in [9.17, 15) is 9.59 Å². The molecule has 1 amide bonds. The van der Waals surface area contributed by atoms with Gasteiger partial charge in [0.15, 0.2) is 6.10 Å². The maximum atomic E-state index is 13.5. The van der Waals surface area contributed by atoms with Crippen LogP contribution in [0.4, 0.5) is 0 Å². The fourth-order valence-electron chi connectivity index (χ4n) is 4.46. The van der Waals surface area contributed by atoms with Crippen LogP contribution in [-0.4, -0.2) is 34.5 Å². The molecule has 0 N–H and O–H groups in total. The van der Waals surface area contributed by atoms with Gasteiger partial charge in [0.25, 0.3) is 5.91 Å². The predicted octanol–water partition coefficient (Wildman–Crippen LogP) is 6.12. The number of ether oxygens (including phenoxy) is 1. The smallest absolute Gasteiger partial charge is 0.339 e. The van der Waals surface area contributed by atoms with Gasteiger partial charge in [-0.15, -0.1) is 6.42 Å². The molecule has 0 bridgehead atoms. The molecule has 3 atom stereocenters. The molecule has 4 nitrogen and oxygen atoms in total. The molecule has 1 fully saturated rings. The molecule has 1 aliphatic rings. The van der Waals surface area contributed by atoms with Crippen LogP contribution in [-0.2, 0) is 4.74 Å². The number of hydrogen-bond donors (Lipinski definition) is 0. The first-order chi connectivity index (χ1) is 15.1. The van der Waals surface area contributed by atoms with Crippen LogP contribution in [0.1, 0.15) is 54.8 Å². The van der Waals surface area contributed by atoms with Crippen molar-refractivity contribution in [2.24, 2.45) is 11.8 Å². The average Bonchev–Trinajstić information content (AvgIpc) is 3.40. The lowest BCUT2D eigenvalue weighted by Gasteiger charge is -2.28. The highest BCUT2D eigenvalue weighted by Crippen LogP contribution is 2.54. The normalized spacial score (nSPS) is 20.7. The molecule has 1 saturated heterocycles. The summed E-state index contributed by atoms with van der Waals surface area (Å²) in [5, 5.41) is 1.08. The van der Waals surface area contributed by atoms with Crippen LogP contribution < -0.4 is 0 Å². The fourth-order valence-corrected chi connectivity index (χ4v) is 4.71. The van der Waals surface area contributed by atoms with E-state index < -0.39 is 17.6 Å². The molecular formula is C26H27Cl2NO3. The molecule has 32 heavy (non-hydrogen) atoms. The number of hydrogen-bond acceptors (Lipinski definition) is 3. The Morgan fingerprint density at radius 2 is 1.50 bits per heavy atom. The minimum atomic E-state index is -0.898. The third-order valence-corrected chi connectivity index (χ3v) is 6.50. The quantitative estimate of drug-likeness (QED) is 0.277. The zero-order valence-corrected chi connectivity index (χ0v) is 20.2. The van der Waals surface area contributed by atoms with Crippen molar-refractivity contribution in [1.29, 1.82) is 0 Å². The summed E-state index contributed by atoms with van der Waals surface area (Å²) in [4.78, 5) is 28.2. The van der Waals surface area contributed by atoms with Crippen molar-refractivity contribution in [3.63, 3.8) is 0 Å². The van der Waals surface area contributed by atoms with E-state index >= 15 is 0 Å². The molecule has 0 unspecified atom stereocenters. The Hall–Kier alpha value is -2.48. The third kappa shape index (κ3) is 4.51. The highest BCUT2D eigenvalue weighted by atomic mass is 35.5. The molecule has 0 spiro atoms. The minimum Gasteiger partial charge on any atom is -0.443 e. The van der Waals surface area contributed by atoms with E-state index in [0.717, 1.165) is 6.42 Å². The minimum absolute atomic E-state index is 0.0402. The van der Waals surface area contributed by atoms with E-state index in [1.165, 1.54) is 0 Å². The molecule has 0 saturated carbocycles. The number of esters is 1. The summed E-state index contributed by atoms with van der Waals surface area (Å²) in [5.41, 5.74) is 0.0772. The van der Waals surface area contributed by atoms with Crippen molar-refractivity contribution in [2.75, 3.05) is 0 Å². The molecule has 0 aromatic heterocycles. The standard InChI is InChI=1S/C26H27Cl2NO3/c1-6-23(32-25(31)19-9-13-21(28)14-10-19)26(17(4)5)22(15-16(2)3)29(26)24(30)18-7-11-20(27)12-8-18/h1,7-14,16-17,22-23H,15H2,2-5H3/t22-,23+,26+,29?/m0/s1. The number of rotatable bonds is 7. The van der Waals surface area contributed by atoms with Gasteiger partial charge in [0.05, 0.1) is 11.6 Å². The molecular weight excluding hydrogens is 445 g/mol. The number of terminal acetylenes is 1. The Balaban J connectivity index is 1.96. The molecule has 168 valence electrons. The molecule has 2 aromatic carbocycles. The Labute approximate surface area is 199 Å². The number of amides is 1. The van der Waals surface area contributed by atoms with E-state index in [-0.39, 0.29) is 17.9 Å². The largest absolute Gasteiger partial charge is 0.443 e. The van der Waals surface area contributed by atoms with Crippen molar-refractivity contribution in [3.8, 4) is 12.3 Å². The summed E-state index contributed by atoms with van der Waals surface area (Å²) in [7, 11) is 0. The summed E-state index contributed by atoms with van der Waals surface area (Å²) in [6.07, 6.45) is 5.74. The van der Waals surface area contributed by atoms with Crippen molar-refractivity contribution in [2.45, 2.75) is 51.8 Å². The fraction of sp³-hybridized carbons (Fsp3) is 0.385. The Kier molecular flexibility index (Phi) is 7.22. The van der Waals surface area contributed by atoms with Crippen LogP contribution >= 0.6 is 23.2 Å². The lowest BCUT2D eigenvalue weighted by atomic mass is 9.83. The Morgan fingerprint density at radius 3 is 1.94 bits per heavy atom. The highest BCUT2D eigenvalue weighted by Gasteiger charge is 2.71. The van der Waals surface area contributed by atoms with E-state index in [0.29, 0.717) is 27.1 Å². The molecule has 0 radical (unpaired) electrons. The molecule has 2 aromatic rings. The van der Waals surface area contributed by atoms with Crippen molar-refractivity contribution in [3.05, 3.63) is 69.7 Å². The second-order valence-electron chi connectivity index (χ2n) is 8.83. The SMILES string of the molecule is C#C[C@@H](OC(=O)c1ccc(Cl)cc1)[C@@]1(C(C)C)[C@H](CC(C)C)N1C(=O)c1ccc(Cl)cc1. The molecule has 1 aliphatic heterocycles. The summed E-state index contributed by atoms with van der Waals surface area (Å²) >= 11 is 11.9. The first-order valence-corrected chi connectivity index (χ1v) is 11.4. The van der Waals surface area contributed by atoms with Crippen molar-refractivity contribution >= 4 is 35.1 Å². The van der Waals surface area contributed by atoms with Gasteiger partial charge in [-0.3, -0.25) is 4.79 Å². The Morgan fingerprint density at radius 1 is 1.00 bits per heavy atom. The summed E-state index contributed by atoms with van der Waals surface area (Å²) in [6, 6.07) is 13.1. The summed E-state index contributed by atoms with van der Waals surface area (Å²) in [6.45, 7) is 8.20. The van der Waals surface area contributed by atoms with Crippen LogP contribution in [0.5, 0.6) is 0 Å². The van der Waals surface area contributed by atoms with Crippen molar-refractivity contribution in [1.82, 2.24) is 4.90 Å². The number of halogens is 2. The van der Waals surface area contributed by atoms with Crippen LogP contribution in [0.3, 0.4) is 0 Å². The monoisotopic (exact) mass is 471 g/mol. The first kappa shape index (κ1) is 24.2. The zero-order valence-electron chi connectivity index (χ0n) is 18.6. The average molecular weight is 472 g/mol. The second kappa shape index (κ2) is 9.57. The van der Waals surface area contributed by atoms with Gasteiger partial charge < -0.3 is 9.64 Å². The molecule has 1 heterocycles. The van der Waals surface area contributed by atoms with Gasteiger partial charge in [-0.1, -0.05) is 56.8 Å². The molecule has 3 rings (SSSR count). The molecule has 0 aliphatic carbocycles. The van der Waals surface area contributed by atoms with Gasteiger partial charge in [-0.25, -0.2) is 4.79 Å². The number of benzene rings is 2. The lowest BCUT2D eigenvalue weighted by Crippen LogP contribution is -2.43. The summed E-state index contributed by atoms with van der Waals surface area (Å²) in [5.74, 6) is 2.26. The molecule has 6 heteroatoms. The lowest BCUT2D eigenvalue weighted by molar-refractivity contribution is 0.0228. The zero-order chi connectivity index (χ0) is 23.6.